The number of carbonyl (C=O) groups excluding carboxylic acids is 2. The molecule has 0 heterocycles. The number of aliphatic hydroxyl groups excluding tert-OH is 1. The first kappa shape index (κ1) is 20.1. The standard InChI is InChI=1S/C21H20FNO4/c1-2-27-20(25)9-7-15-10-14(6-8-19(23)24)11-17(12-15)21(26)16-4-3-5-18(22)13-16/h3-13,21,26H,2H2,1H3,(H2,23,24)/b8-6+,9-7+. The van der Waals surface area contributed by atoms with Crippen LogP contribution in [0.1, 0.15) is 35.3 Å². The van der Waals surface area contributed by atoms with Crippen LogP contribution in [0.5, 0.6) is 0 Å². The van der Waals surface area contributed by atoms with Crippen LogP contribution in [-0.4, -0.2) is 23.6 Å². The zero-order chi connectivity index (χ0) is 19.8. The van der Waals surface area contributed by atoms with Crippen LogP contribution in [0.3, 0.4) is 0 Å². The van der Waals surface area contributed by atoms with Gasteiger partial charge in [-0.05, 0) is 71.7 Å². The van der Waals surface area contributed by atoms with Gasteiger partial charge in [0.1, 0.15) is 11.9 Å². The second kappa shape index (κ2) is 9.45. The van der Waals surface area contributed by atoms with Gasteiger partial charge in [-0.15, -0.1) is 0 Å². The molecule has 3 N–H and O–H groups in total. The number of aliphatic hydroxyl groups is 1. The largest absolute Gasteiger partial charge is 0.463 e. The molecular weight excluding hydrogens is 349 g/mol. The SMILES string of the molecule is CCOC(=O)/C=C/c1cc(/C=C/C(N)=O)cc(C(O)c2cccc(F)c2)c1. The fourth-order valence-electron chi connectivity index (χ4n) is 2.45. The van der Waals surface area contributed by atoms with Crippen LogP contribution in [0.2, 0.25) is 0 Å². The molecule has 0 aliphatic rings. The maximum Gasteiger partial charge on any atom is 0.330 e. The molecule has 1 atom stereocenters. The molecule has 0 spiro atoms. The smallest absolute Gasteiger partial charge is 0.330 e. The normalized spacial score (nSPS) is 12.4. The Morgan fingerprint density at radius 2 is 1.78 bits per heavy atom. The highest BCUT2D eigenvalue weighted by atomic mass is 19.1. The fourth-order valence-corrected chi connectivity index (χ4v) is 2.45. The molecule has 27 heavy (non-hydrogen) atoms. The van der Waals surface area contributed by atoms with Gasteiger partial charge in [-0.3, -0.25) is 4.79 Å². The van der Waals surface area contributed by atoms with E-state index in [1.54, 1.807) is 31.2 Å². The Morgan fingerprint density at radius 3 is 2.37 bits per heavy atom. The number of esters is 1. The van der Waals surface area contributed by atoms with Gasteiger partial charge in [0.25, 0.3) is 0 Å². The topological polar surface area (TPSA) is 89.6 Å². The van der Waals surface area contributed by atoms with E-state index in [9.17, 15) is 19.1 Å². The molecule has 0 saturated carbocycles. The molecule has 140 valence electrons. The molecule has 0 aliphatic carbocycles. The van der Waals surface area contributed by atoms with Gasteiger partial charge >= 0.3 is 5.97 Å². The van der Waals surface area contributed by atoms with Crippen LogP contribution in [0, 0.1) is 5.82 Å². The van der Waals surface area contributed by atoms with E-state index in [0.29, 0.717) is 22.3 Å². The van der Waals surface area contributed by atoms with Crippen LogP contribution in [0.15, 0.2) is 54.6 Å². The highest BCUT2D eigenvalue weighted by Gasteiger charge is 2.12. The van der Waals surface area contributed by atoms with E-state index in [1.807, 2.05) is 0 Å². The lowest BCUT2D eigenvalue weighted by atomic mass is 9.96. The van der Waals surface area contributed by atoms with Crippen molar-refractivity contribution in [1.82, 2.24) is 0 Å². The first-order valence-corrected chi connectivity index (χ1v) is 8.30. The van der Waals surface area contributed by atoms with Crippen molar-refractivity contribution in [2.45, 2.75) is 13.0 Å². The predicted octanol–water partition coefficient (Wildman–Crippen LogP) is 2.98. The Bertz CT molecular complexity index is 890. The summed E-state index contributed by atoms with van der Waals surface area (Å²) in [6.45, 7) is 1.96. The molecule has 1 unspecified atom stereocenters. The average Bonchev–Trinajstić information content (AvgIpc) is 2.64. The highest BCUT2D eigenvalue weighted by molar-refractivity contribution is 5.90. The molecule has 0 fully saturated rings. The van der Waals surface area contributed by atoms with Gasteiger partial charge in [0.2, 0.25) is 5.91 Å². The number of carbonyl (C=O) groups is 2. The van der Waals surface area contributed by atoms with Crippen molar-refractivity contribution in [1.29, 1.82) is 0 Å². The number of hydrogen-bond acceptors (Lipinski definition) is 4. The predicted molar refractivity (Wildman–Crippen MR) is 101 cm³/mol. The Morgan fingerprint density at radius 1 is 1.11 bits per heavy atom. The van der Waals surface area contributed by atoms with E-state index >= 15 is 0 Å². The van der Waals surface area contributed by atoms with Crippen LogP contribution >= 0.6 is 0 Å². The Labute approximate surface area is 156 Å². The lowest BCUT2D eigenvalue weighted by Crippen LogP contribution is -2.05. The van der Waals surface area contributed by atoms with Gasteiger partial charge in [-0.1, -0.05) is 12.1 Å². The number of ether oxygens (including phenoxy) is 1. The molecule has 5 nitrogen and oxygen atoms in total. The molecule has 6 heteroatoms. The monoisotopic (exact) mass is 369 g/mol. The second-order valence-corrected chi connectivity index (χ2v) is 5.71. The number of hydrogen-bond donors (Lipinski definition) is 2. The zero-order valence-electron chi connectivity index (χ0n) is 14.8. The van der Waals surface area contributed by atoms with Crippen molar-refractivity contribution in [3.8, 4) is 0 Å². The first-order valence-electron chi connectivity index (χ1n) is 8.30. The minimum Gasteiger partial charge on any atom is -0.463 e. The number of amides is 1. The maximum absolute atomic E-state index is 13.5. The number of primary amides is 1. The van der Waals surface area contributed by atoms with E-state index < -0.39 is 23.8 Å². The first-order chi connectivity index (χ1) is 12.9. The third-order valence-corrected chi connectivity index (χ3v) is 3.62. The van der Waals surface area contributed by atoms with Gasteiger partial charge in [0, 0.05) is 12.2 Å². The van der Waals surface area contributed by atoms with Crippen molar-refractivity contribution < 1.29 is 23.8 Å². The zero-order valence-corrected chi connectivity index (χ0v) is 14.8. The van der Waals surface area contributed by atoms with Gasteiger partial charge in [-0.2, -0.15) is 0 Å². The van der Waals surface area contributed by atoms with Crippen molar-refractivity contribution in [2.24, 2.45) is 5.73 Å². The summed E-state index contributed by atoms with van der Waals surface area (Å²) in [5, 5.41) is 10.6. The Hall–Kier alpha value is -3.25. The average molecular weight is 369 g/mol. The lowest BCUT2D eigenvalue weighted by Gasteiger charge is -2.13. The summed E-state index contributed by atoms with van der Waals surface area (Å²) < 4.78 is 18.3. The van der Waals surface area contributed by atoms with Crippen LogP contribution in [0.25, 0.3) is 12.2 Å². The van der Waals surface area contributed by atoms with Gasteiger partial charge < -0.3 is 15.6 Å². The minimum absolute atomic E-state index is 0.258. The minimum atomic E-state index is -1.09. The van der Waals surface area contributed by atoms with Crippen LogP contribution < -0.4 is 5.73 Å². The molecule has 1 amide bonds. The third kappa shape index (κ3) is 6.20. The summed E-state index contributed by atoms with van der Waals surface area (Å²) in [7, 11) is 0. The van der Waals surface area contributed by atoms with E-state index in [1.165, 1.54) is 42.5 Å². The van der Waals surface area contributed by atoms with Crippen LogP contribution in [0.4, 0.5) is 4.39 Å². The van der Waals surface area contributed by atoms with Crippen molar-refractivity contribution >= 4 is 24.0 Å². The van der Waals surface area contributed by atoms with E-state index in [4.69, 9.17) is 10.5 Å². The summed E-state index contributed by atoms with van der Waals surface area (Å²) in [6, 6.07) is 10.7. The molecule has 2 rings (SSSR count). The van der Waals surface area contributed by atoms with Gasteiger partial charge in [0.05, 0.1) is 6.61 Å². The van der Waals surface area contributed by atoms with E-state index in [0.717, 1.165) is 0 Å². The summed E-state index contributed by atoms with van der Waals surface area (Å²) >= 11 is 0. The van der Waals surface area contributed by atoms with Crippen molar-refractivity contribution in [3.05, 3.63) is 82.7 Å². The number of nitrogens with two attached hydrogens (primary N) is 1. The summed E-state index contributed by atoms with van der Waals surface area (Å²) in [4.78, 5) is 22.5. The molecule has 0 radical (unpaired) electrons. The van der Waals surface area contributed by atoms with Crippen LogP contribution in [-0.2, 0) is 14.3 Å². The summed E-state index contributed by atoms with van der Waals surface area (Å²) in [6.07, 6.45) is 4.38. The molecule has 0 aliphatic heterocycles. The second-order valence-electron chi connectivity index (χ2n) is 5.71. The summed E-state index contributed by atoms with van der Waals surface area (Å²) in [5.74, 6) is -1.57. The van der Waals surface area contributed by atoms with Gasteiger partial charge in [0.15, 0.2) is 0 Å². The lowest BCUT2D eigenvalue weighted by molar-refractivity contribution is -0.137. The fraction of sp³-hybridized carbons (Fsp3) is 0.143. The highest BCUT2D eigenvalue weighted by Crippen LogP contribution is 2.25. The van der Waals surface area contributed by atoms with E-state index in [-0.39, 0.29) is 6.61 Å². The van der Waals surface area contributed by atoms with Crippen molar-refractivity contribution in [2.75, 3.05) is 6.61 Å². The third-order valence-electron chi connectivity index (χ3n) is 3.62. The molecule has 0 saturated heterocycles. The molecular formula is C21H20FNO4. The van der Waals surface area contributed by atoms with E-state index in [2.05, 4.69) is 0 Å². The maximum atomic E-state index is 13.5. The molecule has 2 aromatic rings. The van der Waals surface area contributed by atoms with Gasteiger partial charge in [-0.25, -0.2) is 9.18 Å². The molecule has 2 aromatic carbocycles. The number of benzene rings is 2. The molecule has 0 aromatic heterocycles. The number of rotatable bonds is 7. The number of halogens is 1. The Balaban J connectivity index is 2.42. The quantitative estimate of drug-likeness (QED) is 0.580. The Kier molecular flexibility index (Phi) is 7.02. The molecule has 0 bridgehead atoms. The van der Waals surface area contributed by atoms with Crippen molar-refractivity contribution in [3.63, 3.8) is 0 Å². The summed E-state index contributed by atoms with van der Waals surface area (Å²) in [5.41, 5.74) is 7.16.